The molecule has 0 spiro atoms. The molecule has 0 aliphatic carbocycles. The molecule has 0 saturated heterocycles. The highest BCUT2D eigenvalue weighted by atomic mass is 16.5. The van der Waals surface area contributed by atoms with Gasteiger partial charge in [0.1, 0.15) is 11.6 Å². The molecule has 0 radical (unpaired) electrons. The fourth-order valence-electron chi connectivity index (χ4n) is 5.48. The summed E-state index contributed by atoms with van der Waals surface area (Å²) in [5.41, 5.74) is 0.328. The van der Waals surface area contributed by atoms with Crippen molar-refractivity contribution in [2.24, 2.45) is 5.41 Å². The molecule has 1 aromatic heterocycles. The number of ether oxygens (including phenoxy) is 1. The number of benzene rings is 3. The first-order valence-electron chi connectivity index (χ1n) is 16.4. The average molecular weight is 670 g/mol. The van der Waals surface area contributed by atoms with E-state index >= 15 is 0 Å². The Morgan fingerprint density at radius 3 is 2.24 bits per heavy atom. The molecule has 4 rings (SSSR count). The van der Waals surface area contributed by atoms with E-state index in [1.54, 1.807) is 31.5 Å². The summed E-state index contributed by atoms with van der Waals surface area (Å²) in [6.07, 6.45) is 4.99. The Morgan fingerprint density at radius 2 is 1.57 bits per heavy atom. The number of anilines is 1. The molecule has 3 N–H and O–H groups in total. The molecule has 1 unspecified atom stereocenters. The molecule has 10 heteroatoms. The van der Waals surface area contributed by atoms with E-state index in [9.17, 15) is 19.2 Å². The third-order valence-corrected chi connectivity index (χ3v) is 7.88. The van der Waals surface area contributed by atoms with Crippen molar-refractivity contribution in [2.75, 3.05) is 11.9 Å². The number of hydrogen-bond acceptors (Lipinski definition) is 6. The number of amides is 3. The van der Waals surface area contributed by atoms with Crippen LogP contribution in [0.2, 0.25) is 0 Å². The molecule has 1 heterocycles. The summed E-state index contributed by atoms with van der Waals surface area (Å²) in [7, 11) is 0. The van der Waals surface area contributed by atoms with Gasteiger partial charge in [-0.15, -0.1) is 0 Å². The quantitative estimate of drug-likeness (QED) is 0.130. The molecule has 49 heavy (non-hydrogen) atoms. The maximum absolute atomic E-state index is 13.7. The number of rotatable bonds is 14. The minimum atomic E-state index is -1.26. The predicted molar refractivity (Wildman–Crippen MR) is 194 cm³/mol. The Morgan fingerprint density at radius 1 is 0.898 bits per heavy atom. The van der Waals surface area contributed by atoms with Gasteiger partial charge in [-0.3, -0.25) is 14.4 Å². The van der Waals surface area contributed by atoms with Crippen molar-refractivity contribution >= 4 is 40.3 Å². The van der Waals surface area contributed by atoms with Gasteiger partial charge < -0.3 is 25.3 Å². The van der Waals surface area contributed by atoms with Crippen LogP contribution in [-0.2, 0) is 30.3 Å². The molecule has 0 aliphatic rings. The second kappa shape index (κ2) is 16.9. The molecular formula is C39H51N5O5. The van der Waals surface area contributed by atoms with Gasteiger partial charge in [0.15, 0.2) is 11.9 Å². The van der Waals surface area contributed by atoms with E-state index in [1.807, 2.05) is 93.6 Å². The lowest BCUT2D eigenvalue weighted by molar-refractivity contribution is -0.145. The largest absolute Gasteiger partial charge is 0.464 e. The van der Waals surface area contributed by atoms with Gasteiger partial charge in [-0.2, -0.15) is 0 Å². The van der Waals surface area contributed by atoms with E-state index in [-0.39, 0.29) is 37.6 Å². The van der Waals surface area contributed by atoms with Crippen molar-refractivity contribution in [3.05, 3.63) is 96.4 Å². The van der Waals surface area contributed by atoms with Crippen molar-refractivity contribution in [1.29, 1.82) is 0 Å². The van der Waals surface area contributed by atoms with Gasteiger partial charge in [-0.1, -0.05) is 94.9 Å². The zero-order chi connectivity index (χ0) is 34.9. The summed E-state index contributed by atoms with van der Waals surface area (Å²) in [6, 6.07) is 21.8. The Kier molecular flexibility index (Phi) is 13.3. The van der Waals surface area contributed by atoms with Crippen LogP contribution in [0.15, 0.2) is 85.3 Å². The predicted octanol–water partition coefficient (Wildman–Crippen LogP) is 6.60. The van der Waals surface area contributed by atoms with Crippen LogP contribution < -0.4 is 16.0 Å². The lowest BCUT2D eigenvalue weighted by atomic mass is 9.91. The van der Waals surface area contributed by atoms with Crippen LogP contribution in [0.1, 0.15) is 85.4 Å². The molecule has 3 amide bonds. The molecule has 0 saturated carbocycles. The molecule has 3 aromatic carbocycles. The summed E-state index contributed by atoms with van der Waals surface area (Å²) in [5.74, 6) is -1.42. The molecule has 4 aromatic rings. The van der Waals surface area contributed by atoms with E-state index in [0.717, 1.165) is 16.3 Å². The summed E-state index contributed by atoms with van der Waals surface area (Å²) in [5, 5.41) is 10.5. The Balaban J connectivity index is 0.00000650. The van der Waals surface area contributed by atoms with E-state index in [4.69, 9.17) is 4.74 Å². The highest BCUT2D eigenvalue weighted by Gasteiger charge is 2.34. The van der Waals surface area contributed by atoms with Gasteiger partial charge in [-0.05, 0) is 73.4 Å². The van der Waals surface area contributed by atoms with Gasteiger partial charge >= 0.3 is 5.97 Å². The molecule has 0 aliphatic heterocycles. The van der Waals surface area contributed by atoms with Crippen molar-refractivity contribution in [2.45, 2.75) is 92.3 Å². The van der Waals surface area contributed by atoms with E-state index < -0.39 is 35.4 Å². The Hall–Kier alpha value is -4.99. The van der Waals surface area contributed by atoms with Gasteiger partial charge in [-0.25, -0.2) is 9.78 Å². The number of nitrogens with zero attached hydrogens (tertiary/aromatic N) is 2. The van der Waals surface area contributed by atoms with Crippen molar-refractivity contribution in [1.82, 2.24) is 20.2 Å². The van der Waals surface area contributed by atoms with E-state index in [0.29, 0.717) is 24.8 Å². The summed E-state index contributed by atoms with van der Waals surface area (Å²) in [4.78, 5) is 57.4. The summed E-state index contributed by atoms with van der Waals surface area (Å²) in [6.45, 7) is 11.0. The molecule has 262 valence electrons. The van der Waals surface area contributed by atoms with Crippen LogP contribution in [0.5, 0.6) is 0 Å². The average Bonchev–Trinajstić information content (AvgIpc) is 3.47. The highest BCUT2D eigenvalue weighted by Crippen LogP contribution is 2.26. The maximum Gasteiger partial charge on any atom is 0.333 e. The molecule has 0 fully saturated rings. The molecule has 0 bridgehead atoms. The van der Waals surface area contributed by atoms with Crippen LogP contribution in [0.25, 0.3) is 10.8 Å². The van der Waals surface area contributed by atoms with Crippen molar-refractivity contribution in [3.63, 3.8) is 0 Å². The SMILES string of the molecule is C.CCOC(=O)C(c1ccc2ccccc2c1)n1cnc(NC(=O)[C@@H](CCCc2ccccc2)NC(=O)C(C)(C)NC(=O)CC(C)(C)C)c1. The number of aryl methyl sites for hydroxylation is 1. The Labute approximate surface area is 290 Å². The minimum absolute atomic E-state index is 0. The summed E-state index contributed by atoms with van der Waals surface area (Å²) >= 11 is 0. The van der Waals surface area contributed by atoms with Crippen LogP contribution in [0, 0.1) is 5.41 Å². The first-order valence-corrected chi connectivity index (χ1v) is 16.4. The third kappa shape index (κ3) is 11.0. The highest BCUT2D eigenvalue weighted by molar-refractivity contribution is 5.99. The van der Waals surface area contributed by atoms with Gasteiger partial charge in [0.05, 0.1) is 12.9 Å². The number of nitrogens with one attached hydrogen (secondary N) is 3. The zero-order valence-corrected chi connectivity index (χ0v) is 28.7. The third-order valence-electron chi connectivity index (χ3n) is 7.88. The van der Waals surface area contributed by atoms with Crippen LogP contribution in [0.4, 0.5) is 5.82 Å². The number of carbonyl (C=O) groups is 4. The molecule has 10 nitrogen and oxygen atoms in total. The smallest absolute Gasteiger partial charge is 0.333 e. The number of hydrogen-bond donors (Lipinski definition) is 3. The first kappa shape index (κ1) is 38.5. The van der Waals surface area contributed by atoms with Gasteiger partial charge in [0.2, 0.25) is 17.7 Å². The van der Waals surface area contributed by atoms with Crippen LogP contribution >= 0.6 is 0 Å². The number of imidazole rings is 1. The zero-order valence-electron chi connectivity index (χ0n) is 28.7. The molecule has 2 atom stereocenters. The van der Waals surface area contributed by atoms with Crippen molar-refractivity contribution in [3.8, 4) is 0 Å². The molecular weight excluding hydrogens is 618 g/mol. The first-order chi connectivity index (χ1) is 22.8. The maximum atomic E-state index is 13.7. The topological polar surface area (TPSA) is 131 Å². The van der Waals surface area contributed by atoms with E-state index in [2.05, 4.69) is 20.9 Å². The van der Waals surface area contributed by atoms with Crippen molar-refractivity contribution < 1.29 is 23.9 Å². The lowest BCUT2D eigenvalue weighted by Crippen LogP contribution is -2.58. The fourth-order valence-corrected chi connectivity index (χ4v) is 5.48. The fraction of sp³-hybridized carbons (Fsp3) is 0.410. The normalized spacial score (nSPS) is 12.7. The number of fused-ring (bicyclic) bond motifs is 1. The standard InChI is InChI=1S/C38H47N5O5.CH4/c1-7-48-35(46)33(29-21-20-27-17-11-12-18-28(27)22-29)43-24-31(39-25-43)41-34(45)30(19-13-16-26-14-9-8-10-15-26)40-36(47)38(5,6)42-32(44)23-37(2,3)4;/h8-12,14-15,17-18,20-22,24-25,30,33H,7,13,16,19,23H2,1-6H3,(H,40,47)(H,41,45)(H,42,44);1H4/t30-,33?;/m1./s1. The number of carbonyl (C=O) groups excluding carboxylic acids is 4. The van der Waals surface area contributed by atoms with Gasteiger partial charge in [0, 0.05) is 12.6 Å². The monoisotopic (exact) mass is 669 g/mol. The lowest BCUT2D eigenvalue weighted by Gasteiger charge is -2.29. The van der Waals surface area contributed by atoms with Gasteiger partial charge in [0.25, 0.3) is 0 Å². The second-order valence-electron chi connectivity index (χ2n) is 13.8. The summed E-state index contributed by atoms with van der Waals surface area (Å²) < 4.78 is 7.02. The number of esters is 1. The Bertz CT molecular complexity index is 1720. The van der Waals surface area contributed by atoms with Crippen LogP contribution in [0.3, 0.4) is 0 Å². The van der Waals surface area contributed by atoms with Crippen LogP contribution in [-0.4, -0.2) is 51.4 Å². The number of aromatic nitrogens is 2. The minimum Gasteiger partial charge on any atom is -0.464 e. The second-order valence-corrected chi connectivity index (χ2v) is 13.8. The van der Waals surface area contributed by atoms with E-state index in [1.165, 1.54) is 6.33 Å².